The highest BCUT2D eigenvalue weighted by molar-refractivity contribution is 7.91. The maximum Gasteiger partial charge on any atom is 0.178 e. The Hall–Kier alpha value is -2.01. The molecular weight excluding hydrogens is 274 g/mol. The summed E-state index contributed by atoms with van der Waals surface area (Å²) in [4.78, 5) is 0.306. The van der Waals surface area contributed by atoms with Crippen LogP contribution in [0, 0.1) is 0 Å². The lowest BCUT2D eigenvalue weighted by Crippen LogP contribution is -2.09. The third kappa shape index (κ3) is 3.51. The number of ether oxygens (including phenoxy) is 1. The Bertz CT molecular complexity index is 661. The second-order valence-corrected chi connectivity index (χ2v) is 6.60. The zero-order chi connectivity index (χ0) is 14.6. The molecule has 0 saturated carbocycles. The first-order valence-electron chi connectivity index (χ1n) is 6.22. The van der Waals surface area contributed by atoms with Crippen molar-refractivity contribution in [2.45, 2.75) is 11.3 Å². The maximum atomic E-state index is 12.2. The van der Waals surface area contributed by atoms with Crippen molar-refractivity contribution in [1.82, 2.24) is 0 Å². The summed E-state index contributed by atoms with van der Waals surface area (Å²) in [6, 6.07) is 13.7. The molecule has 0 aliphatic carbocycles. The Morgan fingerprint density at radius 3 is 2.15 bits per heavy atom. The van der Waals surface area contributed by atoms with Crippen molar-refractivity contribution in [3.05, 3.63) is 54.1 Å². The van der Waals surface area contributed by atoms with E-state index >= 15 is 0 Å². The Morgan fingerprint density at radius 2 is 1.60 bits per heavy atom. The summed E-state index contributed by atoms with van der Waals surface area (Å²) in [5, 5.41) is 0. The monoisotopic (exact) mass is 291 g/mol. The van der Waals surface area contributed by atoms with Crippen molar-refractivity contribution in [1.29, 1.82) is 0 Å². The molecule has 4 nitrogen and oxygen atoms in total. The zero-order valence-corrected chi connectivity index (χ0v) is 12.1. The van der Waals surface area contributed by atoms with E-state index in [-0.39, 0.29) is 5.75 Å². The third-order valence-corrected chi connectivity index (χ3v) is 4.79. The number of methoxy groups -OCH3 is 1. The predicted molar refractivity (Wildman–Crippen MR) is 79.6 cm³/mol. The number of hydrogen-bond acceptors (Lipinski definition) is 4. The normalized spacial score (nSPS) is 11.2. The number of rotatable bonds is 5. The van der Waals surface area contributed by atoms with Gasteiger partial charge in [0.05, 0.1) is 17.8 Å². The van der Waals surface area contributed by atoms with Crippen LogP contribution in [0.2, 0.25) is 0 Å². The molecule has 0 spiro atoms. The number of hydrogen-bond donors (Lipinski definition) is 1. The van der Waals surface area contributed by atoms with Crippen LogP contribution in [0.4, 0.5) is 5.69 Å². The van der Waals surface area contributed by atoms with E-state index in [1.54, 1.807) is 31.4 Å². The summed E-state index contributed by atoms with van der Waals surface area (Å²) in [6.07, 6.45) is 0.469. The molecular formula is C15H17NO3S. The van der Waals surface area contributed by atoms with Gasteiger partial charge in [0.2, 0.25) is 0 Å². The quantitative estimate of drug-likeness (QED) is 0.858. The van der Waals surface area contributed by atoms with Gasteiger partial charge in [-0.2, -0.15) is 0 Å². The minimum absolute atomic E-state index is 0.0727. The summed E-state index contributed by atoms with van der Waals surface area (Å²) in [5.41, 5.74) is 7.07. The number of nitrogens with two attached hydrogens (primary N) is 1. The third-order valence-electron chi connectivity index (χ3n) is 3.06. The van der Waals surface area contributed by atoms with Gasteiger partial charge < -0.3 is 10.5 Å². The lowest BCUT2D eigenvalue weighted by Gasteiger charge is -2.06. The molecule has 0 aliphatic rings. The lowest BCUT2D eigenvalue weighted by molar-refractivity contribution is 0.414. The molecule has 0 aromatic heterocycles. The van der Waals surface area contributed by atoms with E-state index in [9.17, 15) is 8.42 Å². The number of sulfone groups is 1. The van der Waals surface area contributed by atoms with Crippen LogP contribution in [-0.4, -0.2) is 21.3 Å². The van der Waals surface area contributed by atoms with E-state index in [4.69, 9.17) is 10.5 Å². The molecule has 0 fully saturated rings. The van der Waals surface area contributed by atoms with Gasteiger partial charge in [-0.25, -0.2) is 8.42 Å². The van der Waals surface area contributed by atoms with Crippen molar-refractivity contribution >= 4 is 15.5 Å². The first-order chi connectivity index (χ1) is 9.51. The first kappa shape index (κ1) is 14.4. The van der Waals surface area contributed by atoms with E-state index < -0.39 is 9.84 Å². The van der Waals surface area contributed by atoms with Gasteiger partial charge >= 0.3 is 0 Å². The maximum absolute atomic E-state index is 12.2. The van der Waals surface area contributed by atoms with Crippen LogP contribution in [0.1, 0.15) is 5.56 Å². The molecule has 5 heteroatoms. The second-order valence-electron chi connectivity index (χ2n) is 4.49. The zero-order valence-electron chi connectivity index (χ0n) is 11.2. The van der Waals surface area contributed by atoms with E-state index in [2.05, 4.69) is 0 Å². The largest absolute Gasteiger partial charge is 0.497 e. The standard InChI is InChI=1S/C15H17NO3S/c1-19-14-6-2-12(3-7-14)10-11-20(17,18)15-8-4-13(16)5-9-15/h2-9H,10-11,16H2,1H3. The fourth-order valence-electron chi connectivity index (χ4n) is 1.84. The van der Waals surface area contributed by atoms with Crippen LogP contribution in [0.3, 0.4) is 0 Å². The van der Waals surface area contributed by atoms with Crippen molar-refractivity contribution in [2.75, 3.05) is 18.6 Å². The number of nitrogen functional groups attached to an aromatic ring is 1. The molecule has 0 heterocycles. The van der Waals surface area contributed by atoms with Gasteiger partial charge in [-0.3, -0.25) is 0 Å². The van der Waals surface area contributed by atoms with Gasteiger partial charge in [-0.15, -0.1) is 0 Å². The molecule has 2 N–H and O–H groups in total. The molecule has 0 aliphatic heterocycles. The van der Waals surface area contributed by atoms with Crippen molar-refractivity contribution in [3.8, 4) is 5.75 Å². The summed E-state index contributed by atoms with van der Waals surface area (Å²) < 4.78 is 29.4. The van der Waals surface area contributed by atoms with E-state index in [1.807, 2.05) is 24.3 Å². The molecule has 0 amide bonds. The number of anilines is 1. The van der Waals surface area contributed by atoms with Gasteiger partial charge in [0, 0.05) is 5.69 Å². The van der Waals surface area contributed by atoms with Crippen LogP contribution < -0.4 is 10.5 Å². The van der Waals surface area contributed by atoms with Gasteiger partial charge in [0.15, 0.2) is 9.84 Å². The molecule has 106 valence electrons. The second kappa shape index (κ2) is 5.96. The molecule has 2 rings (SSSR count). The number of aryl methyl sites for hydroxylation is 1. The Kier molecular flexibility index (Phi) is 4.29. The molecule has 0 atom stereocenters. The summed E-state index contributed by atoms with van der Waals surface area (Å²) in [7, 11) is -1.68. The highest BCUT2D eigenvalue weighted by atomic mass is 32.2. The Morgan fingerprint density at radius 1 is 1.00 bits per heavy atom. The SMILES string of the molecule is COc1ccc(CCS(=O)(=O)c2ccc(N)cc2)cc1. The molecule has 20 heavy (non-hydrogen) atoms. The van der Waals surface area contributed by atoms with Gasteiger partial charge in [-0.05, 0) is 48.4 Å². The summed E-state index contributed by atoms with van der Waals surface area (Å²) in [5.74, 6) is 0.832. The minimum Gasteiger partial charge on any atom is -0.497 e. The summed E-state index contributed by atoms with van der Waals surface area (Å²) >= 11 is 0. The molecule has 0 radical (unpaired) electrons. The van der Waals surface area contributed by atoms with Crippen molar-refractivity contribution in [2.24, 2.45) is 0 Å². The van der Waals surface area contributed by atoms with Crippen LogP contribution in [-0.2, 0) is 16.3 Å². The van der Waals surface area contributed by atoms with Crippen molar-refractivity contribution < 1.29 is 13.2 Å². The highest BCUT2D eigenvalue weighted by Crippen LogP contribution is 2.16. The number of benzene rings is 2. The van der Waals surface area contributed by atoms with E-state index in [1.165, 1.54) is 0 Å². The van der Waals surface area contributed by atoms with Crippen molar-refractivity contribution in [3.63, 3.8) is 0 Å². The van der Waals surface area contributed by atoms with Gasteiger partial charge in [0.25, 0.3) is 0 Å². The first-order valence-corrected chi connectivity index (χ1v) is 7.88. The molecule has 0 unspecified atom stereocenters. The smallest absolute Gasteiger partial charge is 0.178 e. The van der Waals surface area contributed by atoms with Crippen LogP contribution in [0.15, 0.2) is 53.4 Å². The van der Waals surface area contributed by atoms with Gasteiger partial charge in [-0.1, -0.05) is 12.1 Å². The van der Waals surface area contributed by atoms with Crippen LogP contribution in [0.25, 0.3) is 0 Å². The van der Waals surface area contributed by atoms with E-state index in [0.717, 1.165) is 11.3 Å². The lowest BCUT2D eigenvalue weighted by atomic mass is 10.2. The fraction of sp³-hybridized carbons (Fsp3) is 0.200. The summed E-state index contributed by atoms with van der Waals surface area (Å²) in [6.45, 7) is 0. The van der Waals surface area contributed by atoms with Crippen LogP contribution in [0.5, 0.6) is 5.75 Å². The average molecular weight is 291 g/mol. The van der Waals surface area contributed by atoms with Gasteiger partial charge in [0.1, 0.15) is 5.75 Å². The Balaban J connectivity index is 2.06. The van der Waals surface area contributed by atoms with Crippen LogP contribution >= 0.6 is 0 Å². The topological polar surface area (TPSA) is 69.4 Å². The molecule has 2 aromatic carbocycles. The fourth-order valence-corrected chi connectivity index (χ4v) is 3.13. The highest BCUT2D eigenvalue weighted by Gasteiger charge is 2.14. The average Bonchev–Trinajstić information content (AvgIpc) is 2.46. The molecule has 0 saturated heterocycles. The Labute approximate surface area is 119 Å². The predicted octanol–water partition coefficient (Wildman–Crippen LogP) is 2.29. The van der Waals surface area contributed by atoms with E-state index in [0.29, 0.717) is 17.0 Å². The molecule has 2 aromatic rings. The minimum atomic E-state index is -3.28. The molecule has 0 bridgehead atoms.